The molecule has 1 aromatic carbocycles. The Kier molecular flexibility index (Phi) is 5.35. The second-order valence-electron chi connectivity index (χ2n) is 6.43. The Balaban J connectivity index is 1.78. The average molecular weight is 366 g/mol. The second kappa shape index (κ2) is 7.86. The summed E-state index contributed by atoms with van der Waals surface area (Å²) < 4.78 is 0. The lowest BCUT2D eigenvalue weighted by molar-refractivity contribution is -0.125. The highest BCUT2D eigenvalue weighted by molar-refractivity contribution is 5.96. The third-order valence-electron chi connectivity index (χ3n) is 4.31. The van der Waals surface area contributed by atoms with Crippen molar-refractivity contribution in [1.82, 2.24) is 14.9 Å². The van der Waals surface area contributed by atoms with Crippen LogP contribution in [-0.2, 0) is 4.79 Å². The quantitative estimate of drug-likeness (QED) is 0.672. The lowest BCUT2D eigenvalue weighted by atomic mass is 10.2. The predicted molar refractivity (Wildman–Crippen MR) is 104 cm³/mol. The number of benzene rings is 1. The fraction of sp³-hybridized carbons (Fsp3) is 0.263. The molecule has 3 rings (SSSR count). The summed E-state index contributed by atoms with van der Waals surface area (Å²) >= 11 is 0. The average Bonchev–Trinajstić information content (AvgIpc) is 3.09. The molecule has 0 spiro atoms. The first-order valence-corrected chi connectivity index (χ1v) is 8.64. The molecule has 4 N–H and O–H groups in total. The summed E-state index contributed by atoms with van der Waals surface area (Å²) in [5.74, 6) is 0.0484. The molecule has 1 aliphatic heterocycles. The Morgan fingerprint density at radius 3 is 2.93 bits per heavy atom. The molecular weight excluding hydrogens is 344 g/mol. The molecule has 1 aliphatic rings. The third-order valence-corrected chi connectivity index (χ3v) is 4.31. The van der Waals surface area contributed by atoms with Gasteiger partial charge in [-0.3, -0.25) is 9.59 Å². The number of nitrogens with zero attached hydrogens (tertiary/aromatic N) is 3. The molecule has 0 radical (unpaired) electrons. The number of amides is 2. The maximum absolute atomic E-state index is 11.7. The molecule has 0 unspecified atom stereocenters. The molecule has 2 amide bonds. The first-order chi connectivity index (χ1) is 13.0. The molecule has 0 aliphatic carbocycles. The van der Waals surface area contributed by atoms with Gasteiger partial charge in [-0.15, -0.1) is 0 Å². The van der Waals surface area contributed by atoms with Crippen LogP contribution in [0.5, 0.6) is 0 Å². The summed E-state index contributed by atoms with van der Waals surface area (Å²) in [5, 5.41) is 6.36. The van der Waals surface area contributed by atoms with E-state index in [-0.39, 0.29) is 23.5 Å². The lowest BCUT2D eigenvalue weighted by Gasteiger charge is -2.17. The molecule has 8 nitrogen and oxygen atoms in total. The monoisotopic (exact) mass is 366 g/mol. The molecule has 1 saturated heterocycles. The molecule has 2 heterocycles. The van der Waals surface area contributed by atoms with E-state index in [4.69, 9.17) is 5.73 Å². The fourth-order valence-electron chi connectivity index (χ4n) is 3.00. The fourth-order valence-corrected chi connectivity index (χ4v) is 3.00. The van der Waals surface area contributed by atoms with Gasteiger partial charge in [0.2, 0.25) is 5.91 Å². The summed E-state index contributed by atoms with van der Waals surface area (Å²) in [4.78, 5) is 33.7. The minimum Gasteiger partial charge on any atom is -0.364 e. The first-order valence-electron chi connectivity index (χ1n) is 8.64. The number of nitrogens with one attached hydrogen (secondary N) is 2. The number of hydrogen-bond acceptors (Lipinski definition) is 6. The van der Waals surface area contributed by atoms with Crippen LogP contribution in [0.2, 0.25) is 0 Å². The highest BCUT2D eigenvalue weighted by atomic mass is 16.2. The van der Waals surface area contributed by atoms with E-state index < -0.39 is 5.91 Å². The van der Waals surface area contributed by atoms with E-state index in [0.717, 1.165) is 17.7 Å². The maximum atomic E-state index is 11.7. The van der Waals surface area contributed by atoms with E-state index in [9.17, 15) is 9.59 Å². The van der Waals surface area contributed by atoms with Crippen molar-refractivity contribution >= 4 is 29.1 Å². The second-order valence-corrected chi connectivity index (χ2v) is 6.43. The molecule has 8 heteroatoms. The van der Waals surface area contributed by atoms with Crippen molar-refractivity contribution in [2.24, 2.45) is 5.73 Å². The number of likely N-dealkylation sites (tertiary alicyclic amines) is 1. The summed E-state index contributed by atoms with van der Waals surface area (Å²) in [6, 6.07) is 7.73. The van der Waals surface area contributed by atoms with Gasteiger partial charge >= 0.3 is 0 Å². The number of aromatic nitrogens is 2. The largest absolute Gasteiger partial charge is 0.364 e. The van der Waals surface area contributed by atoms with Gasteiger partial charge in [0.25, 0.3) is 5.91 Å². The van der Waals surface area contributed by atoms with Crippen LogP contribution in [-0.4, -0.2) is 45.8 Å². The van der Waals surface area contributed by atoms with Crippen LogP contribution in [0.4, 0.5) is 17.3 Å². The molecule has 0 saturated carbocycles. The van der Waals surface area contributed by atoms with Crippen LogP contribution in [0.1, 0.15) is 22.5 Å². The van der Waals surface area contributed by atoms with Crippen LogP contribution in [0.25, 0.3) is 0 Å². The molecule has 2 aromatic rings. The van der Waals surface area contributed by atoms with Gasteiger partial charge in [0.1, 0.15) is 5.82 Å². The van der Waals surface area contributed by atoms with E-state index >= 15 is 0 Å². The van der Waals surface area contributed by atoms with Crippen molar-refractivity contribution in [3.8, 4) is 0 Å². The van der Waals surface area contributed by atoms with Gasteiger partial charge in [-0.2, -0.15) is 0 Å². The van der Waals surface area contributed by atoms with Gasteiger partial charge in [-0.05, 0) is 37.1 Å². The van der Waals surface area contributed by atoms with Crippen LogP contribution < -0.4 is 16.4 Å². The van der Waals surface area contributed by atoms with Gasteiger partial charge in [0.15, 0.2) is 11.5 Å². The van der Waals surface area contributed by atoms with Gasteiger partial charge in [-0.25, -0.2) is 9.97 Å². The molecule has 1 atom stereocenters. The van der Waals surface area contributed by atoms with E-state index in [1.807, 2.05) is 31.2 Å². The van der Waals surface area contributed by atoms with Crippen molar-refractivity contribution in [3.63, 3.8) is 0 Å². The number of rotatable bonds is 6. The van der Waals surface area contributed by atoms with E-state index in [1.165, 1.54) is 12.3 Å². The number of carbonyl (C=O) groups is 2. The van der Waals surface area contributed by atoms with E-state index in [2.05, 4.69) is 27.2 Å². The summed E-state index contributed by atoms with van der Waals surface area (Å²) in [7, 11) is 0. The van der Waals surface area contributed by atoms with Gasteiger partial charge in [0, 0.05) is 24.8 Å². The topological polar surface area (TPSA) is 113 Å². The minimum atomic E-state index is -0.659. The first kappa shape index (κ1) is 18.4. The van der Waals surface area contributed by atoms with E-state index in [0.29, 0.717) is 18.9 Å². The Morgan fingerprint density at radius 1 is 1.41 bits per heavy atom. The normalized spacial score (nSPS) is 16.0. The zero-order chi connectivity index (χ0) is 19.4. The van der Waals surface area contributed by atoms with Crippen molar-refractivity contribution in [3.05, 3.63) is 54.4 Å². The Morgan fingerprint density at radius 2 is 2.22 bits per heavy atom. The Hall–Kier alpha value is -3.42. The summed E-state index contributed by atoms with van der Waals surface area (Å²) in [6.45, 7) is 6.70. The van der Waals surface area contributed by atoms with Gasteiger partial charge < -0.3 is 21.3 Å². The number of anilines is 3. The van der Waals surface area contributed by atoms with Crippen molar-refractivity contribution in [2.45, 2.75) is 19.4 Å². The summed E-state index contributed by atoms with van der Waals surface area (Å²) in [6.07, 6.45) is 3.58. The number of hydrogen-bond donors (Lipinski definition) is 3. The standard InChI is InChI=1S/C19H22N6O2/c1-3-16(26)25-8-7-14(11-25)22-15-10-21-17(18(20)27)19(24-15)23-13-6-4-5-12(2)9-13/h3-6,9-10,14H,1,7-8,11H2,2H3,(H2,20,27)(H2,22,23,24)/t14-/m1/s1. The molecule has 1 fully saturated rings. The number of carbonyl (C=O) groups excluding carboxylic acids is 2. The SMILES string of the molecule is C=CC(=O)N1CC[C@@H](Nc2cnc(C(N)=O)c(Nc3cccc(C)c3)n2)C1. The number of primary amides is 1. The van der Waals surface area contributed by atoms with Crippen LogP contribution in [0, 0.1) is 6.92 Å². The molecule has 140 valence electrons. The maximum Gasteiger partial charge on any atom is 0.271 e. The van der Waals surface area contributed by atoms with Gasteiger partial charge in [0.05, 0.1) is 6.20 Å². The Labute approximate surface area is 157 Å². The van der Waals surface area contributed by atoms with Crippen molar-refractivity contribution in [1.29, 1.82) is 0 Å². The Bertz CT molecular complexity index is 882. The molecule has 27 heavy (non-hydrogen) atoms. The highest BCUT2D eigenvalue weighted by Gasteiger charge is 2.25. The molecule has 1 aromatic heterocycles. The number of aryl methyl sites for hydroxylation is 1. The summed E-state index contributed by atoms with van der Waals surface area (Å²) in [5.41, 5.74) is 7.34. The van der Waals surface area contributed by atoms with Crippen LogP contribution in [0.3, 0.4) is 0 Å². The third kappa shape index (κ3) is 4.41. The van der Waals surface area contributed by atoms with Crippen LogP contribution in [0.15, 0.2) is 43.1 Å². The zero-order valence-electron chi connectivity index (χ0n) is 15.1. The lowest BCUT2D eigenvalue weighted by Crippen LogP contribution is -2.30. The zero-order valence-corrected chi connectivity index (χ0v) is 15.1. The minimum absolute atomic E-state index is 0.0504. The molecular formula is C19H22N6O2. The van der Waals surface area contributed by atoms with Crippen molar-refractivity contribution in [2.75, 3.05) is 23.7 Å². The highest BCUT2D eigenvalue weighted by Crippen LogP contribution is 2.21. The van der Waals surface area contributed by atoms with Crippen molar-refractivity contribution < 1.29 is 9.59 Å². The number of nitrogens with two attached hydrogens (primary N) is 1. The molecule has 0 bridgehead atoms. The predicted octanol–water partition coefficient (Wildman–Crippen LogP) is 1.83. The van der Waals surface area contributed by atoms with E-state index in [1.54, 1.807) is 4.90 Å². The van der Waals surface area contributed by atoms with Gasteiger partial charge in [-0.1, -0.05) is 18.7 Å². The van der Waals surface area contributed by atoms with Crippen LogP contribution >= 0.6 is 0 Å². The smallest absolute Gasteiger partial charge is 0.271 e.